The number of nitrogens with one attached hydrogen (secondary N) is 1. The summed E-state index contributed by atoms with van der Waals surface area (Å²) in [5.41, 5.74) is 1.44. The zero-order valence-electron chi connectivity index (χ0n) is 17.1. The number of likely N-dealkylation sites (tertiary alicyclic amines) is 1. The van der Waals surface area contributed by atoms with E-state index in [1.165, 1.54) is 5.56 Å². The molecule has 1 aromatic carbocycles. The number of urea groups is 1. The Balaban J connectivity index is 1.30. The van der Waals surface area contributed by atoms with E-state index in [4.69, 9.17) is 23.2 Å². The van der Waals surface area contributed by atoms with Gasteiger partial charge in [0.05, 0.1) is 0 Å². The van der Waals surface area contributed by atoms with Gasteiger partial charge in [-0.05, 0) is 73.6 Å². The lowest BCUT2D eigenvalue weighted by Crippen LogP contribution is -2.52. The maximum absolute atomic E-state index is 12.8. The van der Waals surface area contributed by atoms with Gasteiger partial charge in [-0.15, -0.1) is 0 Å². The fraction of sp³-hybridized carbons (Fsp3) is 0.636. The fourth-order valence-electron chi connectivity index (χ4n) is 5.37. The Morgan fingerprint density at radius 2 is 1.79 bits per heavy atom. The van der Waals surface area contributed by atoms with Crippen molar-refractivity contribution in [1.82, 2.24) is 15.1 Å². The minimum absolute atomic E-state index is 0.00947. The molecule has 158 valence electrons. The molecule has 5 nitrogen and oxygen atoms in total. The van der Waals surface area contributed by atoms with Gasteiger partial charge in [0.25, 0.3) is 0 Å². The first-order valence-corrected chi connectivity index (χ1v) is 11.3. The third-order valence-electron chi connectivity index (χ3n) is 7.28. The van der Waals surface area contributed by atoms with Gasteiger partial charge in [-0.3, -0.25) is 4.79 Å². The Bertz CT molecular complexity index is 789. The van der Waals surface area contributed by atoms with Crippen molar-refractivity contribution < 1.29 is 9.59 Å². The highest BCUT2D eigenvalue weighted by Gasteiger charge is 2.57. The Morgan fingerprint density at radius 1 is 1.14 bits per heavy atom. The van der Waals surface area contributed by atoms with Crippen molar-refractivity contribution in [3.63, 3.8) is 0 Å². The Labute approximate surface area is 182 Å². The predicted octanol–water partition coefficient (Wildman–Crippen LogP) is 4.46. The van der Waals surface area contributed by atoms with E-state index in [9.17, 15) is 9.59 Å². The van der Waals surface area contributed by atoms with Crippen LogP contribution in [0.2, 0.25) is 10.0 Å². The van der Waals surface area contributed by atoms with Crippen LogP contribution in [0.3, 0.4) is 0 Å². The number of amides is 3. The average Bonchev–Trinajstić information content (AvgIpc) is 3.42. The summed E-state index contributed by atoms with van der Waals surface area (Å²) in [7, 11) is 1.88. The van der Waals surface area contributed by atoms with Crippen molar-refractivity contribution in [2.45, 2.75) is 62.9 Å². The van der Waals surface area contributed by atoms with E-state index in [1.807, 2.05) is 29.0 Å². The molecular formula is C22H29Cl2N3O2. The van der Waals surface area contributed by atoms with Gasteiger partial charge in [0.2, 0.25) is 5.91 Å². The van der Waals surface area contributed by atoms with Crippen LogP contribution in [0.15, 0.2) is 18.2 Å². The molecule has 4 rings (SSSR count). The third-order valence-corrected chi connectivity index (χ3v) is 7.72. The largest absolute Gasteiger partial charge is 0.343 e. The van der Waals surface area contributed by atoms with Crippen LogP contribution >= 0.6 is 23.2 Å². The van der Waals surface area contributed by atoms with Crippen LogP contribution in [0.5, 0.6) is 0 Å². The van der Waals surface area contributed by atoms with Gasteiger partial charge in [-0.25, -0.2) is 4.79 Å². The molecule has 2 aliphatic carbocycles. The summed E-state index contributed by atoms with van der Waals surface area (Å²) in [6, 6.07) is 6.31. The van der Waals surface area contributed by atoms with E-state index in [1.54, 1.807) is 13.0 Å². The summed E-state index contributed by atoms with van der Waals surface area (Å²) < 4.78 is 0. The number of fused-ring (bicyclic) bond motifs is 1. The van der Waals surface area contributed by atoms with Gasteiger partial charge in [0.15, 0.2) is 0 Å². The highest BCUT2D eigenvalue weighted by molar-refractivity contribution is 6.34. The molecule has 1 aliphatic heterocycles. The zero-order chi connectivity index (χ0) is 20.8. The normalized spacial score (nSPS) is 29.2. The van der Waals surface area contributed by atoms with E-state index in [-0.39, 0.29) is 29.4 Å². The maximum atomic E-state index is 12.8. The molecule has 0 radical (unpaired) electrons. The second-order valence-electron chi connectivity index (χ2n) is 8.98. The van der Waals surface area contributed by atoms with Crippen molar-refractivity contribution in [2.24, 2.45) is 5.92 Å². The number of rotatable bonds is 3. The molecule has 0 spiro atoms. The number of hydrogen-bond donors (Lipinski definition) is 1. The van der Waals surface area contributed by atoms with Crippen molar-refractivity contribution in [2.75, 3.05) is 20.1 Å². The van der Waals surface area contributed by atoms with E-state index < -0.39 is 0 Å². The van der Waals surface area contributed by atoms with Gasteiger partial charge >= 0.3 is 6.03 Å². The molecule has 1 N–H and O–H groups in total. The summed E-state index contributed by atoms with van der Waals surface area (Å²) in [5, 5.41) is 4.64. The maximum Gasteiger partial charge on any atom is 0.317 e. The molecule has 29 heavy (non-hydrogen) atoms. The minimum atomic E-state index is 0.00947. The number of carbonyl (C=O) groups is 2. The van der Waals surface area contributed by atoms with E-state index in [2.05, 4.69) is 5.32 Å². The molecule has 3 fully saturated rings. The molecule has 3 amide bonds. The summed E-state index contributed by atoms with van der Waals surface area (Å²) >= 11 is 12.4. The molecule has 1 heterocycles. The lowest BCUT2D eigenvalue weighted by Gasteiger charge is -2.37. The van der Waals surface area contributed by atoms with E-state index >= 15 is 0 Å². The van der Waals surface area contributed by atoms with Crippen molar-refractivity contribution in [1.29, 1.82) is 0 Å². The first-order chi connectivity index (χ1) is 13.8. The van der Waals surface area contributed by atoms with Crippen molar-refractivity contribution >= 4 is 35.1 Å². The van der Waals surface area contributed by atoms with E-state index in [0.717, 1.165) is 51.6 Å². The molecule has 7 heteroatoms. The van der Waals surface area contributed by atoms with Gasteiger partial charge < -0.3 is 15.1 Å². The molecule has 2 saturated carbocycles. The van der Waals surface area contributed by atoms with Crippen LogP contribution < -0.4 is 5.32 Å². The molecule has 3 atom stereocenters. The van der Waals surface area contributed by atoms with Crippen LogP contribution in [0.25, 0.3) is 0 Å². The lowest BCUT2D eigenvalue weighted by molar-refractivity contribution is -0.130. The molecule has 1 aromatic rings. The lowest BCUT2D eigenvalue weighted by atomic mass is 9.81. The fourth-order valence-corrected chi connectivity index (χ4v) is 5.90. The SMILES string of the molecule is CC(=O)N1CCC(N(C)C(=O)N[C@H]2CC[C@@]3(c4cc(Cl)cc(Cl)c4)CC3C2)CC1. The highest BCUT2D eigenvalue weighted by atomic mass is 35.5. The van der Waals surface area contributed by atoms with Crippen molar-refractivity contribution in [3.05, 3.63) is 33.8 Å². The number of hydrogen-bond acceptors (Lipinski definition) is 2. The summed E-state index contributed by atoms with van der Waals surface area (Å²) in [6.45, 7) is 3.07. The molecular weight excluding hydrogens is 409 g/mol. The summed E-state index contributed by atoms with van der Waals surface area (Å²) in [5.74, 6) is 0.701. The van der Waals surface area contributed by atoms with Crippen molar-refractivity contribution in [3.8, 4) is 0 Å². The standard InChI is InChI=1S/C22H29Cl2N3O2/c1-14(28)27-7-4-20(5-8-27)26(2)21(29)25-19-3-6-22(13-16(22)11-19)15-9-17(23)12-18(24)10-15/h9-10,12,16,19-20H,3-8,11,13H2,1-2H3,(H,25,29)/t16?,19-,22-/m0/s1. The Hall–Kier alpha value is -1.46. The molecule has 1 saturated heterocycles. The van der Waals surface area contributed by atoms with Crippen LogP contribution in [0, 0.1) is 5.92 Å². The van der Waals surface area contributed by atoms with Crippen LogP contribution in [-0.4, -0.2) is 54.0 Å². The Morgan fingerprint density at radius 3 is 2.38 bits per heavy atom. The smallest absolute Gasteiger partial charge is 0.317 e. The second-order valence-corrected chi connectivity index (χ2v) is 9.86. The zero-order valence-corrected chi connectivity index (χ0v) is 18.6. The topological polar surface area (TPSA) is 52.7 Å². The monoisotopic (exact) mass is 437 g/mol. The molecule has 3 aliphatic rings. The van der Waals surface area contributed by atoms with Crippen LogP contribution in [0.1, 0.15) is 51.0 Å². The quantitative estimate of drug-likeness (QED) is 0.758. The highest BCUT2D eigenvalue weighted by Crippen LogP contribution is 2.62. The first kappa shape index (κ1) is 20.8. The molecule has 0 aromatic heterocycles. The van der Waals surface area contributed by atoms with Gasteiger partial charge in [-0.2, -0.15) is 0 Å². The van der Waals surface area contributed by atoms with E-state index in [0.29, 0.717) is 16.0 Å². The summed E-state index contributed by atoms with van der Waals surface area (Å²) in [6.07, 6.45) is 5.87. The number of benzene rings is 1. The summed E-state index contributed by atoms with van der Waals surface area (Å²) in [4.78, 5) is 28.0. The molecule has 1 unspecified atom stereocenters. The van der Waals surface area contributed by atoms with Crippen LogP contribution in [-0.2, 0) is 10.2 Å². The number of piperidine rings is 1. The number of carbonyl (C=O) groups excluding carboxylic acids is 2. The minimum Gasteiger partial charge on any atom is -0.343 e. The van der Waals surface area contributed by atoms with Crippen LogP contribution in [0.4, 0.5) is 4.79 Å². The average molecular weight is 438 g/mol. The Kier molecular flexibility index (Phi) is 5.73. The molecule has 0 bridgehead atoms. The van der Waals surface area contributed by atoms with Gasteiger partial charge in [0, 0.05) is 49.2 Å². The number of halogens is 2. The van der Waals surface area contributed by atoms with Gasteiger partial charge in [0.1, 0.15) is 0 Å². The first-order valence-electron chi connectivity index (χ1n) is 10.5. The predicted molar refractivity (Wildman–Crippen MR) is 115 cm³/mol. The number of nitrogens with zero attached hydrogens (tertiary/aromatic N) is 2. The van der Waals surface area contributed by atoms with Gasteiger partial charge in [-0.1, -0.05) is 23.2 Å². The third kappa shape index (κ3) is 4.22. The second kappa shape index (κ2) is 7.99.